The largest absolute Gasteiger partial charge is 0.381 e. The van der Waals surface area contributed by atoms with Crippen LogP contribution in [0.5, 0.6) is 0 Å². The minimum Gasteiger partial charge on any atom is -0.381 e. The maximum Gasteiger partial charge on any atom is 0.104 e. The van der Waals surface area contributed by atoms with Gasteiger partial charge in [-0.25, -0.2) is 0 Å². The van der Waals surface area contributed by atoms with E-state index < -0.39 is 6.23 Å². The molecule has 0 aromatic rings. The van der Waals surface area contributed by atoms with Crippen molar-refractivity contribution in [2.75, 3.05) is 26.9 Å². The smallest absolute Gasteiger partial charge is 0.104 e. The lowest BCUT2D eigenvalue weighted by atomic mass is 9.73. The Kier molecular flexibility index (Phi) is 5.14. The Balaban J connectivity index is 2.23. The predicted molar refractivity (Wildman–Crippen MR) is 81.6 cm³/mol. The molecule has 0 bridgehead atoms. The van der Waals surface area contributed by atoms with Crippen molar-refractivity contribution in [1.29, 1.82) is 0 Å². The van der Waals surface area contributed by atoms with Crippen LogP contribution in [0.15, 0.2) is 11.6 Å². The maximum atomic E-state index is 9.79. The Morgan fingerprint density at radius 3 is 2.80 bits per heavy atom. The molecule has 1 heterocycles. The molecule has 0 aromatic heterocycles. The topological polar surface area (TPSA) is 46.9 Å². The minimum atomic E-state index is -0.401. The molecular formula is C15H27ClN2O2. The van der Waals surface area contributed by atoms with Crippen LogP contribution in [-0.4, -0.2) is 64.5 Å². The fourth-order valence-electron chi connectivity index (χ4n) is 3.57. The summed E-state index contributed by atoms with van der Waals surface area (Å²) < 4.78 is 0. The highest BCUT2D eigenvalue weighted by atomic mass is 35.5. The van der Waals surface area contributed by atoms with Crippen LogP contribution in [0.3, 0.4) is 0 Å². The van der Waals surface area contributed by atoms with Crippen LogP contribution >= 0.6 is 11.6 Å². The minimum absolute atomic E-state index is 0.0403. The normalized spacial score (nSPS) is 37.2. The van der Waals surface area contributed by atoms with Gasteiger partial charge in [0.25, 0.3) is 0 Å². The highest BCUT2D eigenvalue weighted by molar-refractivity contribution is 6.21. The van der Waals surface area contributed by atoms with E-state index in [1.54, 1.807) is 0 Å². The van der Waals surface area contributed by atoms with E-state index in [2.05, 4.69) is 17.9 Å². The number of likely N-dealkylation sites (tertiary alicyclic amines) is 1. The van der Waals surface area contributed by atoms with E-state index in [0.717, 1.165) is 32.4 Å². The highest BCUT2D eigenvalue weighted by Crippen LogP contribution is 2.44. The summed E-state index contributed by atoms with van der Waals surface area (Å²) >= 11 is 6.34. The zero-order chi connectivity index (χ0) is 14.9. The SMILES string of the molecule is CC(O)N1CC[C@@](C)(C2=CC(Cl)CCC2N(C)CO)C1. The number of hydrogen-bond donors (Lipinski definition) is 2. The molecule has 4 nitrogen and oxygen atoms in total. The molecule has 2 N–H and O–H groups in total. The first-order chi connectivity index (χ1) is 9.37. The average molecular weight is 303 g/mol. The van der Waals surface area contributed by atoms with Crippen LogP contribution < -0.4 is 0 Å². The van der Waals surface area contributed by atoms with Gasteiger partial charge in [-0.15, -0.1) is 11.6 Å². The maximum absolute atomic E-state index is 9.79. The molecule has 0 aromatic carbocycles. The second-order valence-electron chi connectivity index (χ2n) is 6.54. The van der Waals surface area contributed by atoms with Gasteiger partial charge in [0, 0.05) is 24.5 Å². The Morgan fingerprint density at radius 1 is 1.55 bits per heavy atom. The Bertz CT molecular complexity index is 375. The van der Waals surface area contributed by atoms with Crippen LogP contribution in [-0.2, 0) is 0 Å². The van der Waals surface area contributed by atoms with Gasteiger partial charge in [0.1, 0.15) is 6.23 Å². The van der Waals surface area contributed by atoms with Gasteiger partial charge in [-0.1, -0.05) is 13.0 Å². The van der Waals surface area contributed by atoms with Gasteiger partial charge in [0.2, 0.25) is 0 Å². The summed E-state index contributed by atoms with van der Waals surface area (Å²) in [5.74, 6) is 0. The van der Waals surface area contributed by atoms with Crippen LogP contribution in [0.25, 0.3) is 0 Å². The number of hydrogen-bond acceptors (Lipinski definition) is 4. The monoisotopic (exact) mass is 302 g/mol. The number of halogens is 1. The molecule has 2 aliphatic rings. The van der Waals surface area contributed by atoms with Gasteiger partial charge >= 0.3 is 0 Å². The molecule has 2 rings (SSSR count). The van der Waals surface area contributed by atoms with Crippen molar-refractivity contribution in [2.45, 2.75) is 50.8 Å². The number of likely N-dealkylation sites (N-methyl/N-ethyl adjacent to an activating group) is 1. The lowest BCUT2D eigenvalue weighted by molar-refractivity contribution is 0.0290. The number of aliphatic hydroxyl groups is 2. The fraction of sp³-hybridized carbons (Fsp3) is 0.867. The summed E-state index contributed by atoms with van der Waals surface area (Å²) in [7, 11) is 1.96. The molecule has 3 unspecified atom stereocenters. The summed E-state index contributed by atoms with van der Waals surface area (Å²) in [6.07, 6.45) is 4.76. The highest BCUT2D eigenvalue weighted by Gasteiger charge is 2.43. The predicted octanol–water partition coefficient (Wildman–Crippen LogP) is 1.61. The van der Waals surface area contributed by atoms with Gasteiger partial charge in [0.05, 0.1) is 12.1 Å². The third-order valence-corrected chi connectivity index (χ3v) is 5.26. The van der Waals surface area contributed by atoms with E-state index in [9.17, 15) is 10.2 Å². The number of aliphatic hydroxyl groups excluding tert-OH is 2. The van der Waals surface area contributed by atoms with Crippen molar-refractivity contribution in [2.24, 2.45) is 5.41 Å². The molecule has 4 atom stereocenters. The Hall–Kier alpha value is -0.130. The molecular weight excluding hydrogens is 276 g/mol. The number of rotatable bonds is 4. The van der Waals surface area contributed by atoms with Gasteiger partial charge < -0.3 is 10.2 Å². The number of allylic oxidation sites excluding steroid dienone is 1. The van der Waals surface area contributed by atoms with E-state index in [1.807, 2.05) is 18.9 Å². The third-order valence-electron chi connectivity index (χ3n) is 4.92. The zero-order valence-electron chi connectivity index (χ0n) is 12.7. The van der Waals surface area contributed by atoms with Crippen molar-refractivity contribution < 1.29 is 10.2 Å². The first-order valence-electron chi connectivity index (χ1n) is 7.47. The summed E-state index contributed by atoms with van der Waals surface area (Å²) in [5.41, 5.74) is 1.38. The molecule has 20 heavy (non-hydrogen) atoms. The number of alkyl halides is 1. The standard InChI is InChI=1S/C15H27ClN2O2/c1-11(20)18-7-6-15(2,9-18)13-8-12(16)4-5-14(13)17(3)10-19/h8,11-12,14,19-20H,4-7,9-10H2,1-3H3/t11?,12?,14?,15-/m1/s1. The van der Waals surface area contributed by atoms with E-state index in [0.29, 0.717) is 0 Å². The lowest BCUT2D eigenvalue weighted by Crippen LogP contribution is -2.43. The molecule has 1 fully saturated rings. The molecule has 0 radical (unpaired) electrons. The summed E-state index contributed by atoms with van der Waals surface area (Å²) in [6, 6.07) is 0.258. The second-order valence-corrected chi connectivity index (χ2v) is 7.10. The quantitative estimate of drug-likeness (QED) is 0.471. The van der Waals surface area contributed by atoms with Crippen molar-refractivity contribution >= 4 is 11.6 Å². The Labute approximate surface area is 127 Å². The van der Waals surface area contributed by atoms with Crippen LogP contribution in [0.4, 0.5) is 0 Å². The van der Waals surface area contributed by atoms with Crippen molar-refractivity contribution in [3.63, 3.8) is 0 Å². The van der Waals surface area contributed by atoms with Gasteiger partial charge in [-0.2, -0.15) is 0 Å². The van der Waals surface area contributed by atoms with E-state index in [-0.39, 0.29) is 23.6 Å². The van der Waals surface area contributed by atoms with Crippen LogP contribution in [0.2, 0.25) is 0 Å². The summed E-state index contributed by atoms with van der Waals surface area (Å²) in [6.45, 7) is 5.91. The van der Waals surface area contributed by atoms with Crippen molar-refractivity contribution in [1.82, 2.24) is 9.80 Å². The molecule has 1 aliphatic heterocycles. The molecule has 0 amide bonds. The molecule has 1 aliphatic carbocycles. The first kappa shape index (κ1) is 16.2. The van der Waals surface area contributed by atoms with E-state index >= 15 is 0 Å². The van der Waals surface area contributed by atoms with Gasteiger partial charge in [-0.3, -0.25) is 9.80 Å². The third kappa shape index (κ3) is 3.20. The number of nitrogens with zero attached hydrogens (tertiary/aromatic N) is 2. The zero-order valence-corrected chi connectivity index (χ0v) is 13.5. The lowest BCUT2D eigenvalue weighted by Gasteiger charge is -2.41. The molecule has 0 saturated carbocycles. The van der Waals surface area contributed by atoms with Crippen LogP contribution in [0.1, 0.15) is 33.1 Å². The van der Waals surface area contributed by atoms with Crippen molar-refractivity contribution in [3.05, 3.63) is 11.6 Å². The van der Waals surface area contributed by atoms with Gasteiger partial charge in [0.15, 0.2) is 0 Å². The van der Waals surface area contributed by atoms with Crippen molar-refractivity contribution in [3.8, 4) is 0 Å². The molecule has 5 heteroatoms. The first-order valence-corrected chi connectivity index (χ1v) is 7.90. The van der Waals surface area contributed by atoms with E-state index in [4.69, 9.17) is 11.6 Å². The van der Waals surface area contributed by atoms with Gasteiger partial charge in [-0.05, 0) is 38.8 Å². The van der Waals surface area contributed by atoms with Crippen LogP contribution in [0, 0.1) is 5.41 Å². The molecule has 1 saturated heterocycles. The summed E-state index contributed by atoms with van der Waals surface area (Å²) in [5, 5.41) is 19.3. The fourth-order valence-corrected chi connectivity index (χ4v) is 3.83. The molecule has 0 spiro atoms. The molecule has 116 valence electrons. The summed E-state index contributed by atoms with van der Waals surface area (Å²) in [4.78, 5) is 4.10. The Morgan fingerprint density at radius 2 is 2.25 bits per heavy atom. The second kappa shape index (κ2) is 6.32. The average Bonchev–Trinajstić information content (AvgIpc) is 2.82. The van der Waals surface area contributed by atoms with E-state index in [1.165, 1.54) is 5.57 Å².